The van der Waals surface area contributed by atoms with Crippen LogP contribution in [-0.2, 0) is 4.79 Å². The van der Waals surface area contributed by atoms with E-state index in [0.29, 0.717) is 11.9 Å². The van der Waals surface area contributed by atoms with Gasteiger partial charge in [0.2, 0.25) is 5.91 Å². The minimum Gasteiger partial charge on any atom is -0.338 e. The van der Waals surface area contributed by atoms with Gasteiger partial charge >= 0.3 is 0 Å². The van der Waals surface area contributed by atoms with E-state index in [2.05, 4.69) is 27.8 Å². The molecule has 0 aromatic rings. The van der Waals surface area contributed by atoms with E-state index in [1.807, 2.05) is 0 Å². The van der Waals surface area contributed by atoms with Crippen LogP contribution >= 0.6 is 15.9 Å². The van der Waals surface area contributed by atoms with E-state index in [1.54, 1.807) is 0 Å². The maximum atomic E-state index is 12.7. The van der Waals surface area contributed by atoms with Crippen LogP contribution in [0.1, 0.15) is 58.3 Å². The molecule has 1 aliphatic heterocycles. The number of alkyl halides is 1. The molecule has 3 heteroatoms. The molecule has 2 aliphatic rings. The first-order chi connectivity index (χ1) is 8.17. The van der Waals surface area contributed by atoms with Gasteiger partial charge in [-0.2, -0.15) is 0 Å². The molecule has 0 radical (unpaired) electrons. The first-order valence-electron chi connectivity index (χ1n) is 7.04. The molecule has 0 spiro atoms. The number of amides is 1. The van der Waals surface area contributed by atoms with Crippen molar-refractivity contribution in [3.8, 4) is 0 Å². The van der Waals surface area contributed by atoms with E-state index in [9.17, 15) is 4.79 Å². The number of rotatable bonds is 2. The molecule has 2 nitrogen and oxygen atoms in total. The van der Waals surface area contributed by atoms with Crippen LogP contribution in [0.5, 0.6) is 0 Å². The van der Waals surface area contributed by atoms with Crippen LogP contribution in [0.25, 0.3) is 0 Å². The van der Waals surface area contributed by atoms with E-state index < -0.39 is 0 Å². The Morgan fingerprint density at radius 1 is 1.24 bits per heavy atom. The fourth-order valence-electron chi connectivity index (χ4n) is 3.32. The predicted octanol–water partition coefficient (Wildman–Crippen LogP) is 3.73. The van der Waals surface area contributed by atoms with Crippen molar-refractivity contribution >= 4 is 21.8 Å². The number of carbonyl (C=O) groups excluding carboxylic acids is 1. The summed E-state index contributed by atoms with van der Waals surface area (Å²) < 4.78 is 0. The monoisotopic (exact) mass is 301 g/mol. The molecule has 98 valence electrons. The summed E-state index contributed by atoms with van der Waals surface area (Å²) in [5.41, 5.74) is -0.0595. The smallest absolute Gasteiger partial charge is 0.228 e. The van der Waals surface area contributed by atoms with Gasteiger partial charge in [0.15, 0.2) is 0 Å². The van der Waals surface area contributed by atoms with Gasteiger partial charge in [-0.05, 0) is 32.1 Å². The molecule has 1 saturated heterocycles. The van der Waals surface area contributed by atoms with Crippen LogP contribution in [0.4, 0.5) is 0 Å². The quantitative estimate of drug-likeness (QED) is 0.712. The second-order valence-electron chi connectivity index (χ2n) is 5.92. The molecule has 1 atom stereocenters. The Kier molecular flexibility index (Phi) is 4.51. The lowest BCUT2D eigenvalue weighted by molar-refractivity contribution is -0.146. The van der Waals surface area contributed by atoms with Gasteiger partial charge in [0.25, 0.3) is 0 Å². The molecule has 0 bridgehead atoms. The Labute approximate surface area is 113 Å². The van der Waals surface area contributed by atoms with Gasteiger partial charge in [-0.3, -0.25) is 4.79 Å². The van der Waals surface area contributed by atoms with Gasteiger partial charge in [0.1, 0.15) is 0 Å². The summed E-state index contributed by atoms with van der Waals surface area (Å²) in [7, 11) is 0. The van der Waals surface area contributed by atoms with Crippen molar-refractivity contribution in [3.63, 3.8) is 0 Å². The summed E-state index contributed by atoms with van der Waals surface area (Å²) in [5, 5.41) is 0.939. The van der Waals surface area contributed by atoms with Crippen molar-refractivity contribution < 1.29 is 4.79 Å². The minimum absolute atomic E-state index is 0.0595. The van der Waals surface area contributed by atoms with E-state index in [-0.39, 0.29) is 5.41 Å². The first-order valence-corrected chi connectivity index (χ1v) is 8.16. The number of halogens is 1. The Bertz CT molecular complexity index is 273. The summed E-state index contributed by atoms with van der Waals surface area (Å²) in [6.07, 6.45) is 9.60. The molecule has 1 heterocycles. The van der Waals surface area contributed by atoms with Crippen molar-refractivity contribution in [3.05, 3.63) is 0 Å². The average Bonchev–Trinajstić information content (AvgIpc) is 2.38. The van der Waals surface area contributed by atoms with Gasteiger partial charge in [0, 0.05) is 23.3 Å². The van der Waals surface area contributed by atoms with Crippen molar-refractivity contribution in [2.45, 2.75) is 64.3 Å². The third-order valence-electron chi connectivity index (χ3n) is 4.54. The zero-order chi connectivity index (χ0) is 12.3. The first kappa shape index (κ1) is 13.4. The standard InChI is InChI=1S/C14H24BrNO/c1-14(8-4-2-5-9-14)13(17)16-10-6-3-7-12(16)11-15/h12H,2-11H2,1H3. The highest BCUT2D eigenvalue weighted by atomic mass is 79.9. The molecule has 1 amide bonds. The van der Waals surface area contributed by atoms with Crippen LogP contribution < -0.4 is 0 Å². The number of piperidine rings is 1. The number of hydrogen-bond donors (Lipinski definition) is 0. The summed E-state index contributed by atoms with van der Waals surface area (Å²) in [4.78, 5) is 14.9. The van der Waals surface area contributed by atoms with Gasteiger partial charge < -0.3 is 4.90 Å². The minimum atomic E-state index is -0.0595. The van der Waals surface area contributed by atoms with Crippen LogP contribution in [0.15, 0.2) is 0 Å². The maximum Gasteiger partial charge on any atom is 0.228 e. The fourth-order valence-corrected chi connectivity index (χ4v) is 3.99. The largest absolute Gasteiger partial charge is 0.338 e. The van der Waals surface area contributed by atoms with Crippen molar-refractivity contribution in [1.29, 1.82) is 0 Å². The Morgan fingerprint density at radius 2 is 1.94 bits per heavy atom. The molecule has 1 saturated carbocycles. The van der Waals surface area contributed by atoms with Crippen molar-refractivity contribution in [1.82, 2.24) is 4.90 Å². The molecule has 1 unspecified atom stereocenters. The normalized spacial score (nSPS) is 29.1. The molecule has 0 N–H and O–H groups in total. The van der Waals surface area contributed by atoms with Crippen LogP contribution in [0.3, 0.4) is 0 Å². The average molecular weight is 302 g/mol. The Morgan fingerprint density at radius 3 is 2.59 bits per heavy atom. The Balaban J connectivity index is 2.06. The Hall–Kier alpha value is -0.0500. The topological polar surface area (TPSA) is 20.3 Å². The fraction of sp³-hybridized carbons (Fsp3) is 0.929. The molecule has 1 aliphatic carbocycles. The van der Waals surface area contributed by atoms with Gasteiger partial charge in [-0.15, -0.1) is 0 Å². The predicted molar refractivity (Wildman–Crippen MR) is 74.3 cm³/mol. The van der Waals surface area contributed by atoms with Crippen LogP contribution in [0.2, 0.25) is 0 Å². The summed E-state index contributed by atoms with van der Waals surface area (Å²) in [5.74, 6) is 0.432. The highest BCUT2D eigenvalue weighted by molar-refractivity contribution is 9.09. The van der Waals surface area contributed by atoms with E-state index >= 15 is 0 Å². The van der Waals surface area contributed by atoms with Crippen molar-refractivity contribution in [2.24, 2.45) is 5.41 Å². The molecule has 17 heavy (non-hydrogen) atoms. The zero-order valence-electron chi connectivity index (χ0n) is 10.9. The second kappa shape index (κ2) is 5.73. The van der Waals surface area contributed by atoms with Gasteiger partial charge in [-0.1, -0.05) is 42.1 Å². The number of nitrogens with zero attached hydrogens (tertiary/aromatic N) is 1. The van der Waals surface area contributed by atoms with Gasteiger partial charge in [0.05, 0.1) is 0 Å². The zero-order valence-corrected chi connectivity index (χ0v) is 12.5. The van der Waals surface area contributed by atoms with Crippen molar-refractivity contribution in [2.75, 3.05) is 11.9 Å². The summed E-state index contributed by atoms with van der Waals surface area (Å²) in [6.45, 7) is 3.17. The lowest BCUT2D eigenvalue weighted by atomic mass is 9.74. The second-order valence-corrected chi connectivity index (χ2v) is 6.57. The highest BCUT2D eigenvalue weighted by Crippen LogP contribution is 2.38. The van der Waals surface area contributed by atoms with E-state index in [4.69, 9.17) is 0 Å². The summed E-state index contributed by atoms with van der Waals surface area (Å²) in [6, 6.07) is 0.440. The summed E-state index contributed by atoms with van der Waals surface area (Å²) >= 11 is 3.57. The van der Waals surface area contributed by atoms with Crippen LogP contribution in [0, 0.1) is 5.41 Å². The van der Waals surface area contributed by atoms with Gasteiger partial charge in [-0.25, -0.2) is 0 Å². The molecule has 2 fully saturated rings. The third-order valence-corrected chi connectivity index (χ3v) is 5.29. The van der Waals surface area contributed by atoms with E-state index in [0.717, 1.165) is 24.7 Å². The SMILES string of the molecule is CC1(C(=O)N2CCCCC2CBr)CCCCC1. The molecular formula is C14H24BrNO. The molecular weight excluding hydrogens is 278 g/mol. The third kappa shape index (κ3) is 2.86. The highest BCUT2D eigenvalue weighted by Gasteiger charge is 2.40. The molecule has 2 rings (SSSR count). The number of likely N-dealkylation sites (tertiary alicyclic amines) is 1. The lowest BCUT2D eigenvalue weighted by Gasteiger charge is -2.42. The molecule has 0 aromatic heterocycles. The number of hydrogen-bond acceptors (Lipinski definition) is 1. The van der Waals surface area contributed by atoms with Crippen LogP contribution in [-0.4, -0.2) is 28.7 Å². The van der Waals surface area contributed by atoms with E-state index in [1.165, 1.54) is 38.5 Å². The maximum absolute atomic E-state index is 12.7. The molecule has 0 aromatic carbocycles. The number of carbonyl (C=O) groups is 1. The lowest BCUT2D eigenvalue weighted by Crippen LogP contribution is -2.51.